The van der Waals surface area contributed by atoms with Crippen molar-refractivity contribution in [3.8, 4) is 11.6 Å². The standard InChI is InChI=1S/C42H54F3N5O9S/c1-6-25-19-24(2)11-7-8-12-26-21-41(26,37(53)49-60(55,56)40(5)17-18-40)48-34(51)31-20-28(23-50(31)36(52)33(25)47-38(54)59-39(3,4)42(43,44)45)58-35-30-14-10-9-13-29(30)32(22-46-35)57-27-15-16-27/h8-10,12-14,22,24-28,31,33H,6-7,11,15-21,23H2,1-5H3,(H,47,54)(H,48,51)(H,49,53)/b12-8-/t24-,25-,26-,28-,31+,33+,41-/m1/s1. The molecule has 4 fully saturated rings. The summed E-state index contributed by atoms with van der Waals surface area (Å²) in [5.41, 5.74) is -4.53. The van der Waals surface area contributed by atoms with E-state index in [1.54, 1.807) is 26.1 Å². The summed E-state index contributed by atoms with van der Waals surface area (Å²) in [4.78, 5) is 62.6. The van der Waals surface area contributed by atoms with Crippen molar-refractivity contribution >= 4 is 44.6 Å². The highest BCUT2D eigenvalue weighted by Gasteiger charge is 2.63. The maximum absolute atomic E-state index is 15.0. The smallest absolute Gasteiger partial charge is 0.427 e. The van der Waals surface area contributed by atoms with Crippen LogP contribution in [0.4, 0.5) is 18.0 Å². The number of allylic oxidation sites excluding steroid dienone is 1. The zero-order valence-corrected chi connectivity index (χ0v) is 35.3. The minimum atomic E-state index is -4.91. The van der Waals surface area contributed by atoms with Crippen molar-refractivity contribution in [2.45, 2.75) is 145 Å². The summed E-state index contributed by atoms with van der Waals surface area (Å²) in [6.45, 7) is 6.52. The Hall–Kier alpha value is -4.61. The molecule has 3 N–H and O–H groups in total. The molecule has 1 aromatic heterocycles. The topological polar surface area (TPSA) is 182 Å². The first-order chi connectivity index (χ1) is 28.2. The molecule has 14 nitrogen and oxygen atoms in total. The van der Waals surface area contributed by atoms with Gasteiger partial charge < -0.3 is 29.7 Å². The first-order valence-corrected chi connectivity index (χ1v) is 22.3. The van der Waals surface area contributed by atoms with Crippen LogP contribution in [0, 0.1) is 17.8 Å². The number of carbonyl (C=O) groups is 4. The summed E-state index contributed by atoms with van der Waals surface area (Å²) < 4.78 is 86.5. The number of benzene rings is 1. The summed E-state index contributed by atoms with van der Waals surface area (Å²) in [7, 11) is -4.08. The largest absolute Gasteiger partial charge is 0.488 e. The second-order valence-corrected chi connectivity index (χ2v) is 20.2. The molecular formula is C42H54F3N5O9S. The molecule has 0 radical (unpaired) electrons. The maximum atomic E-state index is 15.0. The van der Waals surface area contributed by atoms with Gasteiger partial charge in [0.2, 0.25) is 33.3 Å². The third-order valence-electron chi connectivity index (χ3n) is 12.7. The molecule has 3 aliphatic carbocycles. The van der Waals surface area contributed by atoms with Crippen LogP contribution in [-0.2, 0) is 29.1 Å². The van der Waals surface area contributed by atoms with Crippen LogP contribution >= 0.6 is 0 Å². The summed E-state index contributed by atoms with van der Waals surface area (Å²) >= 11 is 0. The number of nitrogens with zero attached hydrogens (tertiary/aromatic N) is 2. The number of nitrogens with one attached hydrogen (secondary N) is 3. The van der Waals surface area contributed by atoms with E-state index in [9.17, 15) is 40.8 Å². The fourth-order valence-electron chi connectivity index (χ4n) is 8.11. The van der Waals surface area contributed by atoms with Crippen molar-refractivity contribution in [2.75, 3.05) is 6.54 Å². The van der Waals surface area contributed by atoms with E-state index in [0.717, 1.165) is 18.2 Å². The van der Waals surface area contributed by atoms with E-state index in [1.165, 1.54) is 4.90 Å². The van der Waals surface area contributed by atoms with Gasteiger partial charge in [0.25, 0.3) is 5.91 Å². The van der Waals surface area contributed by atoms with Gasteiger partial charge in [0.05, 0.1) is 23.6 Å². The molecule has 2 aliphatic heterocycles. The Morgan fingerprint density at radius 1 is 1.03 bits per heavy atom. The maximum Gasteiger partial charge on any atom is 0.427 e. The van der Waals surface area contributed by atoms with Crippen LogP contribution in [-0.4, -0.2) is 95.0 Å². The zero-order valence-electron chi connectivity index (χ0n) is 34.5. The van der Waals surface area contributed by atoms with Gasteiger partial charge in [0, 0.05) is 23.1 Å². The predicted molar refractivity (Wildman–Crippen MR) is 213 cm³/mol. The minimum Gasteiger partial charge on any atom is -0.488 e. The van der Waals surface area contributed by atoms with E-state index in [0.29, 0.717) is 63.5 Å². The Morgan fingerprint density at radius 3 is 2.38 bits per heavy atom. The quantitative estimate of drug-likeness (QED) is 0.246. The first kappa shape index (κ1) is 43.5. The van der Waals surface area contributed by atoms with Gasteiger partial charge >= 0.3 is 12.3 Å². The van der Waals surface area contributed by atoms with Crippen LogP contribution in [0.1, 0.15) is 98.8 Å². The number of hydrogen-bond donors (Lipinski definition) is 3. The van der Waals surface area contributed by atoms with E-state index < -0.39 is 85.9 Å². The lowest BCUT2D eigenvalue weighted by Crippen LogP contribution is -2.60. The number of amides is 4. The fraction of sp³-hybridized carbons (Fsp3) is 0.643. The van der Waals surface area contributed by atoms with Crippen LogP contribution in [0.3, 0.4) is 0 Å². The Morgan fingerprint density at radius 2 is 1.73 bits per heavy atom. The second kappa shape index (κ2) is 16.0. The van der Waals surface area contributed by atoms with Gasteiger partial charge in [-0.05, 0) is 90.0 Å². The van der Waals surface area contributed by atoms with Gasteiger partial charge in [-0.2, -0.15) is 13.2 Å². The van der Waals surface area contributed by atoms with Gasteiger partial charge in [0.15, 0.2) is 0 Å². The SMILES string of the molecule is CC[C@@H]1C[C@H](C)CC/C=C\[C@@H]2C[C@@]2(C(=O)NS(=O)(=O)C2(C)CC2)NC(=O)[C@@H]2C[C@@H](Oc3ncc(OC4CC4)c4ccccc34)CN2C(=O)[C@H]1NC(=O)OC(C)(C)C(F)(F)F. The second-order valence-electron chi connectivity index (χ2n) is 18.0. The average Bonchev–Trinajstić information content (AvgIpc) is 4.13. The molecule has 0 spiro atoms. The Kier molecular flexibility index (Phi) is 11.6. The monoisotopic (exact) mass is 861 g/mol. The number of hydrogen-bond acceptors (Lipinski definition) is 10. The number of ether oxygens (including phenoxy) is 3. The van der Waals surface area contributed by atoms with Gasteiger partial charge in [0.1, 0.15) is 29.5 Å². The molecule has 1 saturated heterocycles. The molecule has 7 atom stereocenters. The molecule has 2 aromatic rings. The van der Waals surface area contributed by atoms with Crippen molar-refractivity contribution in [3.63, 3.8) is 0 Å². The number of alkyl halides is 3. The lowest BCUT2D eigenvalue weighted by Gasteiger charge is -2.35. The highest BCUT2D eigenvalue weighted by Crippen LogP contribution is 2.48. The van der Waals surface area contributed by atoms with E-state index in [4.69, 9.17) is 14.2 Å². The molecule has 3 saturated carbocycles. The normalized spacial score (nSPS) is 30.1. The number of alkyl carbamates (subject to hydrolysis) is 1. The summed E-state index contributed by atoms with van der Waals surface area (Å²) in [5.74, 6) is -2.77. The van der Waals surface area contributed by atoms with E-state index in [2.05, 4.69) is 20.3 Å². The molecule has 60 heavy (non-hydrogen) atoms. The molecule has 0 bridgehead atoms. The third-order valence-corrected chi connectivity index (χ3v) is 14.9. The Bertz CT molecular complexity index is 2160. The third kappa shape index (κ3) is 8.89. The highest BCUT2D eigenvalue weighted by molar-refractivity contribution is 7.91. The van der Waals surface area contributed by atoms with E-state index in [-0.39, 0.29) is 37.3 Å². The van der Waals surface area contributed by atoms with Gasteiger partial charge in [-0.1, -0.05) is 50.6 Å². The number of carbonyl (C=O) groups excluding carboxylic acids is 4. The molecule has 18 heteroatoms. The number of fused-ring (bicyclic) bond motifs is 3. The summed E-state index contributed by atoms with van der Waals surface area (Å²) in [6.07, 6.45) is 2.65. The Labute approximate surface area is 347 Å². The van der Waals surface area contributed by atoms with Crippen LogP contribution in [0.25, 0.3) is 10.8 Å². The van der Waals surface area contributed by atoms with Crippen LogP contribution < -0.4 is 24.8 Å². The van der Waals surface area contributed by atoms with E-state index in [1.807, 2.05) is 37.3 Å². The number of aromatic nitrogens is 1. The molecular weight excluding hydrogens is 808 g/mol. The summed E-state index contributed by atoms with van der Waals surface area (Å²) in [5, 5.41) is 6.64. The molecule has 7 rings (SSSR count). The van der Waals surface area contributed by atoms with Crippen molar-refractivity contribution in [1.82, 2.24) is 25.2 Å². The number of sulfonamides is 1. The van der Waals surface area contributed by atoms with Crippen LogP contribution in [0.2, 0.25) is 0 Å². The lowest BCUT2D eigenvalue weighted by atomic mass is 9.85. The molecule has 4 amide bonds. The molecule has 0 unspecified atom stereocenters. The zero-order chi connectivity index (χ0) is 43.4. The highest BCUT2D eigenvalue weighted by atomic mass is 32.2. The predicted octanol–water partition coefficient (Wildman–Crippen LogP) is 5.84. The first-order valence-electron chi connectivity index (χ1n) is 20.8. The van der Waals surface area contributed by atoms with E-state index >= 15 is 0 Å². The number of pyridine rings is 1. The Balaban J connectivity index is 1.23. The van der Waals surface area contributed by atoms with Gasteiger partial charge in [-0.25, -0.2) is 18.2 Å². The van der Waals surface area contributed by atoms with Crippen LogP contribution in [0.15, 0.2) is 42.6 Å². The van der Waals surface area contributed by atoms with Gasteiger partial charge in [-0.15, -0.1) is 0 Å². The van der Waals surface area contributed by atoms with Crippen LogP contribution in [0.5, 0.6) is 11.6 Å². The molecule has 328 valence electrons. The summed E-state index contributed by atoms with van der Waals surface area (Å²) in [6, 6.07) is 4.60. The fourth-order valence-corrected chi connectivity index (χ4v) is 9.43. The number of rotatable bonds is 10. The van der Waals surface area contributed by atoms with Crippen molar-refractivity contribution in [2.24, 2.45) is 17.8 Å². The lowest BCUT2D eigenvalue weighted by molar-refractivity contribution is -0.244. The number of halogens is 3. The van der Waals surface area contributed by atoms with Crippen molar-refractivity contribution < 1.29 is 55.0 Å². The molecule has 1 aromatic carbocycles. The van der Waals surface area contributed by atoms with Crippen molar-refractivity contribution in [1.29, 1.82) is 0 Å². The van der Waals surface area contributed by atoms with Gasteiger partial charge in [-0.3, -0.25) is 19.1 Å². The average molecular weight is 862 g/mol. The minimum absolute atomic E-state index is 0.0300. The molecule has 3 heterocycles. The molecule has 5 aliphatic rings. The van der Waals surface area contributed by atoms with Crippen molar-refractivity contribution in [3.05, 3.63) is 42.6 Å².